The van der Waals surface area contributed by atoms with E-state index in [2.05, 4.69) is 58.4 Å². The summed E-state index contributed by atoms with van der Waals surface area (Å²) in [5, 5.41) is 6.65. The molecule has 0 saturated carbocycles. The second kappa shape index (κ2) is 5.54. The lowest BCUT2D eigenvalue weighted by Crippen LogP contribution is -2.23. The molecule has 2 aromatic carbocycles. The SMILES string of the molecule is CCn1c2ccccc2c2cc(/C=N/NC(N)=S)ccc21. The van der Waals surface area contributed by atoms with E-state index in [9.17, 15) is 0 Å². The molecule has 3 rings (SSSR count). The second-order valence-electron chi connectivity index (χ2n) is 4.77. The molecule has 0 aliphatic rings. The molecule has 0 spiro atoms. The summed E-state index contributed by atoms with van der Waals surface area (Å²) >= 11 is 4.72. The summed E-state index contributed by atoms with van der Waals surface area (Å²) in [4.78, 5) is 0. The predicted octanol–water partition coefficient (Wildman–Crippen LogP) is 2.98. The molecule has 1 heterocycles. The Morgan fingerprint density at radius 3 is 2.76 bits per heavy atom. The van der Waals surface area contributed by atoms with Crippen LogP contribution in [0.1, 0.15) is 12.5 Å². The van der Waals surface area contributed by atoms with Gasteiger partial charge < -0.3 is 10.3 Å². The van der Waals surface area contributed by atoms with Crippen molar-refractivity contribution in [2.75, 3.05) is 0 Å². The van der Waals surface area contributed by atoms with Crippen molar-refractivity contribution in [3.05, 3.63) is 48.0 Å². The zero-order chi connectivity index (χ0) is 14.8. The molecule has 3 aromatic rings. The van der Waals surface area contributed by atoms with E-state index in [1.54, 1.807) is 6.21 Å². The van der Waals surface area contributed by atoms with E-state index in [0.29, 0.717) is 0 Å². The summed E-state index contributed by atoms with van der Waals surface area (Å²) in [5.41, 5.74) is 11.4. The Labute approximate surface area is 128 Å². The molecule has 21 heavy (non-hydrogen) atoms. The summed E-state index contributed by atoms with van der Waals surface area (Å²) in [5.74, 6) is 0. The normalized spacial score (nSPS) is 11.5. The number of para-hydroxylation sites is 1. The van der Waals surface area contributed by atoms with E-state index in [1.807, 2.05) is 6.07 Å². The Kier molecular flexibility index (Phi) is 3.58. The average Bonchev–Trinajstić information content (AvgIpc) is 2.80. The predicted molar refractivity (Wildman–Crippen MR) is 92.6 cm³/mol. The maximum Gasteiger partial charge on any atom is 0.184 e. The number of hydrogen-bond donors (Lipinski definition) is 2. The highest BCUT2D eigenvalue weighted by atomic mass is 32.1. The first-order chi connectivity index (χ1) is 10.2. The molecule has 0 saturated heterocycles. The Morgan fingerprint density at radius 2 is 2.00 bits per heavy atom. The zero-order valence-electron chi connectivity index (χ0n) is 11.7. The number of aryl methyl sites for hydroxylation is 1. The van der Waals surface area contributed by atoms with Gasteiger partial charge in [0.1, 0.15) is 0 Å². The molecule has 0 bridgehead atoms. The van der Waals surface area contributed by atoms with Gasteiger partial charge in [0.25, 0.3) is 0 Å². The van der Waals surface area contributed by atoms with Gasteiger partial charge in [0.2, 0.25) is 0 Å². The molecule has 0 aliphatic heterocycles. The third-order valence-corrected chi connectivity index (χ3v) is 3.59. The molecule has 106 valence electrons. The van der Waals surface area contributed by atoms with Crippen LogP contribution in [0.3, 0.4) is 0 Å². The highest BCUT2D eigenvalue weighted by Gasteiger charge is 2.08. The van der Waals surface area contributed by atoms with Crippen LogP contribution in [0.5, 0.6) is 0 Å². The number of nitrogens with one attached hydrogen (secondary N) is 1. The molecule has 0 unspecified atom stereocenters. The number of hydrogen-bond acceptors (Lipinski definition) is 2. The van der Waals surface area contributed by atoms with Crippen LogP contribution in [0.2, 0.25) is 0 Å². The van der Waals surface area contributed by atoms with Crippen molar-refractivity contribution >= 4 is 45.4 Å². The van der Waals surface area contributed by atoms with Crippen LogP contribution >= 0.6 is 12.2 Å². The highest BCUT2D eigenvalue weighted by molar-refractivity contribution is 7.80. The lowest BCUT2D eigenvalue weighted by Gasteiger charge is -2.02. The van der Waals surface area contributed by atoms with Crippen LogP contribution in [0.4, 0.5) is 0 Å². The molecule has 5 heteroatoms. The highest BCUT2D eigenvalue weighted by Crippen LogP contribution is 2.29. The van der Waals surface area contributed by atoms with Crippen molar-refractivity contribution in [2.24, 2.45) is 10.8 Å². The van der Waals surface area contributed by atoms with E-state index in [0.717, 1.165) is 12.1 Å². The topological polar surface area (TPSA) is 55.3 Å². The fourth-order valence-electron chi connectivity index (χ4n) is 2.66. The van der Waals surface area contributed by atoms with E-state index >= 15 is 0 Å². The first-order valence-electron chi connectivity index (χ1n) is 6.80. The minimum absolute atomic E-state index is 0.162. The Bertz CT molecular complexity index is 848. The second-order valence-corrected chi connectivity index (χ2v) is 5.21. The van der Waals surface area contributed by atoms with Gasteiger partial charge in [-0.2, -0.15) is 5.10 Å². The van der Waals surface area contributed by atoms with Crippen molar-refractivity contribution in [2.45, 2.75) is 13.5 Å². The number of nitrogens with zero attached hydrogens (tertiary/aromatic N) is 2. The van der Waals surface area contributed by atoms with Crippen molar-refractivity contribution in [3.63, 3.8) is 0 Å². The van der Waals surface area contributed by atoms with Crippen LogP contribution in [0.15, 0.2) is 47.6 Å². The standard InChI is InChI=1S/C16H16N4S/c1-2-20-14-6-4-3-5-12(14)13-9-11(7-8-15(13)20)10-18-19-16(17)21/h3-10H,2H2,1H3,(H3,17,19,21)/b18-10+. The van der Waals surface area contributed by atoms with Gasteiger partial charge in [0, 0.05) is 28.4 Å². The number of rotatable bonds is 3. The van der Waals surface area contributed by atoms with Crippen LogP contribution in [-0.2, 0) is 6.54 Å². The smallest absolute Gasteiger partial charge is 0.184 e. The van der Waals surface area contributed by atoms with Crippen LogP contribution in [0.25, 0.3) is 21.8 Å². The third kappa shape index (κ3) is 2.48. The van der Waals surface area contributed by atoms with Crippen LogP contribution in [0, 0.1) is 0 Å². The third-order valence-electron chi connectivity index (χ3n) is 3.50. The molecule has 0 amide bonds. The van der Waals surface area contributed by atoms with Crippen LogP contribution < -0.4 is 11.2 Å². The lowest BCUT2D eigenvalue weighted by atomic mass is 10.1. The molecular formula is C16H16N4S. The quantitative estimate of drug-likeness (QED) is 0.444. The van der Waals surface area contributed by atoms with Gasteiger partial charge in [-0.3, -0.25) is 5.43 Å². The van der Waals surface area contributed by atoms with E-state index < -0.39 is 0 Å². The van der Waals surface area contributed by atoms with E-state index in [1.165, 1.54) is 21.8 Å². The summed E-state index contributed by atoms with van der Waals surface area (Å²) < 4.78 is 2.32. The zero-order valence-corrected chi connectivity index (χ0v) is 12.5. The summed E-state index contributed by atoms with van der Waals surface area (Å²) in [6.45, 7) is 3.10. The van der Waals surface area contributed by atoms with Gasteiger partial charge in [0.05, 0.1) is 6.21 Å². The maximum atomic E-state index is 5.35. The number of aromatic nitrogens is 1. The summed E-state index contributed by atoms with van der Waals surface area (Å²) in [6.07, 6.45) is 1.72. The van der Waals surface area contributed by atoms with Gasteiger partial charge in [-0.05, 0) is 42.9 Å². The molecule has 0 atom stereocenters. The molecule has 3 N–H and O–H groups in total. The van der Waals surface area contributed by atoms with E-state index in [-0.39, 0.29) is 5.11 Å². The van der Waals surface area contributed by atoms with Crippen molar-refractivity contribution in [1.82, 2.24) is 9.99 Å². The lowest BCUT2D eigenvalue weighted by molar-refractivity contribution is 0.827. The molecule has 4 nitrogen and oxygen atoms in total. The minimum atomic E-state index is 0.162. The monoisotopic (exact) mass is 296 g/mol. The number of nitrogens with two attached hydrogens (primary N) is 1. The Balaban J connectivity index is 2.15. The van der Waals surface area contributed by atoms with Crippen LogP contribution in [-0.4, -0.2) is 15.9 Å². The number of benzene rings is 2. The number of fused-ring (bicyclic) bond motifs is 3. The molecule has 0 aliphatic carbocycles. The van der Waals surface area contributed by atoms with Crippen molar-refractivity contribution in [1.29, 1.82) is 0 Å². The molecule has 1 aromatic heterocycles. The van der Waals surface area contributed by atoms with Crippen molar-refractivity contribution in [3.8, 4) is 0 Å². The molecule has 0 radical (unpaired) electrons. The summed E-state index contributed by atoms with van der Waals surface area (Å²) in [7, 11) is 0. The van der Waals surface area contributed by atoms with Crippen molar-refractivity contribution < 1.29 is 0 Å². The number of hydrazone groups is 1. The fraction of sp³-hybridized carbons (Fsp3) is 0.125. The van der Waals surface area contributed by atoms with E-state index in [4.69, 9.17) is 18.0 Å². The molecular weight excluding hydrogens is 280 g/mol. The fourth-order valence-corrected chi connectivity index (χ4v) is 2.72. The number of thiocarbonyl (C=S) groups is 1. The minimum Gasteiger partial charge on any atom is -0.375 e. The molecule has 0 fully saturated rings. The Hall–Kier alpha value is -2.40. The van der Waals surface area contributed by atoms with Gasteiger partial charge in [-0.1, -0.05) is 24.3 Å². The van der Waals surface area contributed by atoms with Gasteiger partial charge in [0.15, 0.2) is 5.11 Å². The van der Waals surface area contributed by atoms with Gasteiger partial charge in [-0.25, -0.2) is 0 Å². The maximum absolute atomic E-state index is 5.35. The first-order valence-corrected chi connectivity index (χ1v) is 7.21. The first kappa shape index (κ1) is 13.6. The average molecular weight is 296 g/mol. The van der Waals surface area contributed by atoms with Gasteiger partial charge in [-0.15, -0.1) is 0 Å². The van der Waals surface area contributed by atoms with Gasteiger partial charge >= 0.3 is 0 Å². The summed E-state index contributed by atoms with van der Waals surface area (Å²) in [6, 6.07) is 14.7. The largest absolute Gasteiger partial charge is 0.375 e. The Morgan fingerprint density at radius 1 is 1.24 bits per heavy atom.